The van der Waals surface area contributed by atoms with Gasteiger partial charge in [-0.05, 0) is 12.5 Å². The third-order valence-corrected chi connectivity index (χ3v) is 3.69. The first-order valence-electron chi connectivity index (χ1n) is 5.78. The number of carbonyl (C=O) groups is 1. The Morgan fingerprint density at radius 2 is 2.25 bits per heavy atom. The lowest BCUT2D eigenvalue weighted by atomic mass is 10.1. The maximum Gasteiger partial charge on any atom is 0.311 e. The first-order chi connectivity index (χ1) is 9.51. The maximum absolute atomic E-state index is 11.2. The summed E-state index contributed by atoms with van der Waals surface area (Å²) in [5, 5.41) is 13.2. The number of nitro benzene ring substituents is 1. The summed E-state index contributed by atoms with van der Waals surface area (Å²) in [4.78, 5) is 25.9. The molecule has 0 bridgehead atoms. The van der Waals surface area contributed by atoms with E-state index in [1.165, 1.54) is 30.6 Å². The van der Waals surface area contributed by atoms with Gasteiger partial charge in [0.15, 0.2) is 0 Å². The molecule has 0 unspecified atom stereocenters. The second kappa shape index (κ2) is 5.79. The largest absolute Gasteiger partial charge is 0.469 e. The van der Waals surface area contributed by atoms with Crippen molar-refractivity contribution in [2.45, 2.75) is 13.3 Å². The van der Waals surface area contributed by atoms with Crippen LogP contribution < -0.4 is 0 Å². The molecule has 0 amide bonds. The minimum Gasteiger partial charge on any atom is -0.469 e. The Labute approximate surface area is 119 Å². The summed E-state index contributed by atoms with van der Waals surface area (Å²) in [6, 6.07) is 4.65. The first kappa shape index (κ1) is 14.1. The number of non-ortho nitro benzene ring substituents is 1. The molecule has 1 aromatic carbocycles. The maximum atomic E-state index is 11.2. The van der Waals surface area contributed by atoms with Crippen molar-refractivity contribution in [3.8, 4) is 10.6 Å². The molecule has 0 aliphatic carbocycles. The number of hydrogen-bond donors (Lipinski definition) is 0. The van der Waals surface area contributed by atoms with Crippen molar-refractivity contribution in [2.75, 3.05) is 7.11 Å². The lowest BCUT2D eigenvalue weighted by molar-refractivity contribution is -0.384. The highest BCUT2D eigenvalue weighted by atomic mass is 32.1. The minimum atomic E-state index is -0.439. The number of nitro groups is 1. The zero-order valence-electron chi connectivity index (χ0n) is 11.0. The molecule has 1 heterocycles. The van der Waals surface area contributed by atoms with Gasteiger partial charge < -0.3 is 4.74 Å². The molecular weight excluding hydrogens is 280 g/mol. The van der Waals surface area contributed by atoms with E-state index in [2.05, 4.69) is 9.72 Å². The lowest BCUT2D eigenvalue weighted by Gasteiger charge is -2.01. The zero-order chi connectivity index (χ0) is 14.7. The smallest absolute Gasteiger partial charge is 0.311 e. The molecule has 0 spiro atoms. The van der Waals surface area contributed by atoms with Gasteiger partial charge in [-0.3, -0.25) is 14.9 Å². The summed E-state index contributed by atoms with van der Waals surface area (Å²) >= 11 is 1.35. The van der Waals surface area contributed by atoms with Crippen LogP contribution in [0, 0.1) is 17.0 Å². The summed E-state index contributed by atoms with van der Waals surface area (Å²) in [6.07, 6.45) is 0.0982. The van der Waals surface area contributed by atoms with Crippen molar-refractivity contribution in [3.05, 3.63) is 45.0 Å². The van der Waals surface area contributed by atoms with Gasteiger partial charge >= 0.3 is 5.97 Å². The molecule has 2 rings (SSSR count). The molecule has 0 radical (unpaired) electrons. The summed E-state index contributed by atoms with van der Waals surface area (Å²) in [5.41, 5.74) is 2.23. The fraction of sp³-hybridized carbons (Fsp3) is 0.231. The Hall–Kier alpha value is -2.28. The predicted molar refractivity (Wildman–Crippen MR) is 74.7 cm³/mol. The molecule has 0 N–H and O–H groups in total. The van der Waals surface area contributed by atoms with Gasteiger partial charge in [0.25, 0.3) is 5.69 Å². The van der Waals surface area contributed by atoms with E-state index in [1.54, 1.807) is 11.4 Å². The first-order valence-corrected chi connectivity index (χ1v) is 6.66. The highest BCUT2D eigenvalue weighted by Gasteiger charge is 2.14. The Kier molecular flexibility index (Phi) is 4.09. The molecule has 0 saturated heterocycles. The number of methoxy groups -OCH3 is 1. The fourth-order valence-corrected chi connectivity index (χ4v) is 2.59. The average molecular weight is 292 g/mol. The second-order valence-corrected chi connectivity index (χ2v) is 5.01. The van der Waals surface area contributed by atoms with Gasteiger partial charge in [-0.25, -0.2) is 4.98 Å². The molecule has 20 heavy (non-hydrogen) atoms. The number of esters is 1. The van der Waals surface area contributed by atoms with Crippen LogP contribution in [0.15, 0.2) is 23.6 Å². The average Bonchev–Trinajstić information content (AvgIpc) is 2.87. The quantitative estimate of drug-likeness (QED) is 0.491. The highest BCUT2D eigenvalue weighted by Crippen LogP contribution is 2.30. The van der Waals surface area contributed by atoms with Crippen LogP contribution in [-0.4, -0.2) is 23.0 Å². The molecule has 6 nitrogen and oxygen atoms in total. The van der Waals surface area contributed by atoms with Gasteiger partial charge in [0, 0.05) is 23.1 Å². The van der Waals surface area contributed by atoms with Gasteiger partial charge in [0.1, 0.15) is 5.01 Å². The highest BCUT2D eigenvalue weighted by molar-refractivity contribution is 7.13. The van der Waals surface area contributed by atoms with Crippen molar-refractivity contribution in [3.63, 3.8) is 0 Å². The van der Waals surface area contributed by atoms with Crippen LogP contribution in [0.4, 0.5) is 5.69 Å². The summed E-state index contributed by atoms with van der Waals surface area (Å²) in [6.45, 7) is 1.86. The summed E-state index contributed by atoms with van der Waals surface area (Å²) in [5.74, 6) is -0.363. The third kappa shape index (κ3) is 3.00. The topological polar surface area (TPSA) is 82.3 Å². The Balaban J connectivity index is 2.34. The Morgan fingerprint density at radius 1 is 1.50 bits per heavy atom. The van der Waals surface area contributed by atoms with Crippen LogP contribution in [-0.2, 0) is 16.0 Å². The van der Waals surface area contributed by atoms with Crippen molar-refractivity contribution in [1.82, 2.24) is 4.98 Å². The SMILES string of the molecule is COC(=O)Cc1csc(-c2cc([N+](=O)[O-])ccc2C)n1. The Morgan fingerprint density at radius 3 is 2.90 bits per heavy atom. The van der Waals surface area contributed by atoms with Crippen molar-refractivity contribution >= 4 is 23.0 Å². The molecule has 7 heteroatoms. The van der Waals surface area contributed by atoms with E-state index < -0.39 is 4.92 Å². The number of carbonyl (C=O) groups excluding carboxylic acids is 1. The van der Waals surface area contributed by atoms with E-state index in [9.17, 15) is 14.9 Å². The number of aromatic nitrogens is 1. The van der Waals surface area contributed by atoms with Crippen LogP contribution in [0.5, 0.6) is 0 Å². The molecule has 0 aliphatic heterocycles. The van der Waals surface area contributed by atoms with Crippen LogP contribution in [0.3, 0.4) is 0 Å². The summed E-state index contributed by atoms with van der Waals surface area (Å²) in [7, 11) is 1.32. The van der Waals surface area contributed by atoms with Gasteiger partial charge in [-0.15, -0.1) is 11.3 Å². The molecule has 0 fully saturated rings. The molecule has 0 aliphatic rings. The van der Waals surface area contributed by atoms with E-state index in [0.29, 0.717) is 16.3 Å². The van der Waals surface area contributed by atoms with Crippen molar-refractivity contribution in [2.24, 2.45) is 0 Å². The van der Waals surface area contributed by atoms with Gasteiger partial charge in [0.05, 0.1) is 24.1 Å². The van der Waals surface area contributed by atoms with Crippen LogP contribution in [0.25, 0.3) is 10.6 Å². The van der Waals surface area contributed by atoms with Gasteiger partial charge in [0.2, 0.25) is 0 Å². The fourth-order valence-electron chi connectivity index (χ4n) is 1.69. The number of thiazole rings is 1. The summed E-state index contributed by atoms with van der Waals surface area (Å²) < 4.78 is 4.58. The Bertz CT molecular complexity index is 666. The predicted octanol–water partition coefficient (Wildman–Crippen LogP) is 2.74. The molecule has 2 aromatic rings. The molecule has 0 atom stereocenters. The molecule has 0 saturated carbocycles. The van der Waals surface area contributed by atoms with E-state index in [-0.39, 0.29) is 18.1 Å². The van der Waals surface area contributed by atoms with Crippen LogP contribution in [0.1, 0.15) is 11.3 Å². The molecule has 104 valence electrons. The standard InChI is InChI=1S/C13H12N2O4S/c1-8-3-4-10(15(17)18)6-11(8)13-14-9(7-20-13)5-12(16)19-2/h3-4,6-7H,5H2,1-2H3. The number of benzene rings is 1. The monoisotopic (exact) mass is 292 g/mol. The minimum absolute atomic E-state index is 0.0234. The number of rotatable bonds is 4. The van der Waals surface area contributed by atoms with E-state index in [0.717, 1.165) is 5.56 Å². The normalized spacial score (nSPS) is 10.3. The van der Waals surface area contributed by atoms with Gasteiger partial charge in [-0.2, -0.15) is 0 Å². The van der Waals surface area contributed by atoms with E-state index in [1.807, 2.05) is 6.92 Å². The number of aryl methyl sites for hydroxylation is 1. The van der Waals surface area contributed by atoms with Crippen LogP contribution >= 0.6 is 11.3 Å². The van der Waals surface area contributed by atoms with Gasteiger partial charge in [-0.1, -0.05) is 6.07 Å². The molecular formula is C13H12N2O4S. The zero-order valence-corrected chi connectivity index (χ0v) is 11.8. The number of ether oxygens (including phenoxy) is 1. The van der Waals surface area contributed by atoms with Crippen LogP contribution in [0.2, 0.25) is 0 Å². The third-order valence-electron chi connectivity index (χ3n) is 2.77. The van der Waals surface area contributed by atoms with E-state index in [4.69, 9.17) is 0 Å². The molecule has 1 aromatic heterocycles. The second-order valence-electron chi connectivity index (χ2n) is 4.15. The van der Waals surface area contributed by atoms with E-state index >= 15 is 0 Å². The lowest BCUT2D eigenvalue weighted by Crippen LogP contribution is -2.04. The number of hydrogen-bond acceptors (Lipinski definition) is 6. The van der Waals surface area contributed by atoms with Crippen molar-refractivity contribution < 1.29 is 14.5 Å². The van der Waals surface area contributed by atoms with Crippen molar-refractivity contribution in [1.29, 1.82) is 0 Å². The number of nitrogens with zero attached hydrogens (tertiary/aromatic N) is 2.